The van der Waals surface area contributed by atoms with Gasteiger partial charge in [-0.3, -0.25) is 9.59 Å². The number of nitrogens with zero attached hydrogens (tertiary/aromatic N) is 1. The van der Waals surface area contributed by atoms with Crippen LogP contribution in [-0.2, 0) is 4.79 Å². The van der Waals surface area contributed by atoms with Crippen molar-refractivity contribution in [3.63, 3.8) is 0 Å². The van der Waals surface area contributed by atoms with Crippen molar-refractivity contribution in [1.29, 1.82) is 0 Å². The molecule has 0 aliphatic carbocycles. The van der Waals surface area contributed by atoms with Gasteiger partial charge in [-0.25, -0.2) is 0 Å². The first-order chi connectivity index (χ1) is 9.15. The molecule has 0 radical (unpaired) electrons. The minimum absolute atomic E-state index is 0.0724. The Kier molecular flexibility index (Phi) is 2.98. The predicted octanol–water partition coefficient (Wildman–Crippen LogP) is 2.45. The monoisotopic (exact) mass is 275 g/mol. The molecule has 19 heavy (non-hydrogen) atoms. The van der Waals surface area contributed by atoms with Gasteiger partial charge in [-0.15, -0.1) is 11.3 Å². The van der Waals surface area contributed by atoms with Gasteiger partial charge in [-0.05, 0) is 41.5 Å². The Bertz CT molecular complexity index is 649. The van der Waals surface area contributed by atoms with Gasteiger partial charge in [0, 0.05) is 23.4 Å². The van der Waals surface area contributed by atoms with Crippen LogP contribution in [0.25, 0.3) is 10.1 Å². The standard InChI is InChI=1S/C14H13NO3S/c16-13(15-5-3-11(8-15)14(17)18)10-1-2-12-9(7-10)4-6-19-12/h1-2,4,6-7,11H,3,5,8H2,(H,17,18)/t11-/m1/s1. The van der Waals surface area contributed by atoms with Crippen LogP contribution in [0.15, 0.2) is 29.6 Å². The van der Waals surface area contributed by atoms with Gasteiger partial charge in [0.05, 0.1) is 5.92 Å². The third kappa shape index (κ3) is 2.21. The van der Waals surface area contributed by atoms with E-state index in [1.165, 1.54) is 0 Å². The molecule has 1 atom stereocenters. The minimum Gasteiger partial charge on any atom is -0.481 e. The molecule has 98 valence electrons. The summed E-state index contributed by atoms with van der Waals surface area (Å²) in [5.41, 5.74) is 0.636. The molecule has 1 aromatic carbocycles. The van der Waals surface area contributed by atoms with Crippen molar-refractivity contribution in [3.8, 4) is 0 Å². The average molecular weight is 275 g/mol. The first-order valence-corrected chi connectivity index (χ1v) is 7.02. The number of fused-ring (bicyclic) bond motifs is 1. The molecule has 4 nitrogen and oxygen atoms in total. The lowest BCUT2D eigenvalue weighted by Gasteiger charge is -2.15. The van der Waals surface area contributed by atoms with Crippen LogP contribution in [-0.4, -0.2) is 35.0 Å². The van der Waals surface area contributed by atoms with Crippen LogP contribution >= 0.6 is 11.3 Å². The normalized spacial score (nSPS) is 18.9. The molecule has 1 N–H and O–H groups in total. The van der Waals surface area contributed by atoms with Gasteiger partial charge in [-0.2, -0.15) is 0 Å². The number of carbonyl (C=O) groups is 2. The second-order valence-electron chi connectivity index (χ2n) is 4.75. The molecule has 3 rings (SSSR count). The number of amides is 1. The summed E-state index contributed by atoms with van der Waals surface area (Å²) in [5.74, 6) is -1.31. The van der Waals surface area contributed by atoms with Crippen molar-refractivity contribution < 1.29 is 14.7 Å². The summed E-state index contributed by atoms with van der Waals surface area (Å²) in [6, 6.07) is 7.62. The number of hydrogen-bond donors (Lipinski definition) is 1. The van der Waals surface area contributed by atoms with E-state index in [9.17, 15) is 9.59 Å². The molecule has 1 aromatic heterocycles. The van der Waals surface area contributed by atoms with E-state index in [0.29, 0.717) is 25.1 Å². The molecular formula is C14H13NO3S. The maximum absolute atomic E-state index is 12.3. The number of carboxylic acids is 1. The van der Waals surface area contributed by atoms with E-state index in [-0.39, 0.29) is 5.91 Å². The SMILES string of the molecule is O=C(O)[C@@H]1CCN(C(=O)c2ccc3sccc3c2)C1. The van der Waals surface area contributed by atoms with Crippen LogP contribution in [0.3, 0.4) is 0 Å². The molecule has 1 aliphatic heterocycles. The molecule has 2 aromatic rings. The fourth-order valence-corrected chi connectivity index (χ4v) is 3.20. The molecule has 0 bridgehead atoms. The van der Waals surface area contributed by atoms with Gasteiger partial charge in [0.15, 0.2) is 0 Å². The Morgan fingerprint density at radius 3 is 2.89 bits per heavy atom. The second-order valence-corrected chi connectivity index (χ2v) is 5.70. The van der Waals surface area contributed by atoms with Crippen molar-refractivity contribution in [2.45, 2.75) is 6.42 Å². The van der Waals surface area contributed by atoms with Crippen LogP contribution in [0.5, 0.6) is 0 Å². The van der Waals surface area contributed by atoms with Gasteiger partial charge in [0.2, 0.25) is 0 Å². The van der Waals surface area contributed by atoms with E-state index in [1.807, 2.05) is 29.6 Å². The second kappa shape index (κ2) is 4.66. The number of carboxylic acid groups (broad SMARTS) is 1. The van der Waals surface area contributed by atoms with E-state index in [0.717, 1.165) is 10.1 Å². The summed E-state index contributed by atoms with van der Waals surface area (Å²) < 4.78 is 1.15. The highest BCUT2D eigenvalue weighted by molar-refractivity contribution is 7.17. The maximum atomic E-state index is 12.3. The van der Waals surface area contributed by atoms with Crippen molar-refractivity contribution in [1.82, 2.24) is 4.90 Å². The first-order valence-electron chi connectivity index (χ1n) is 6.14. The molecule has 1 amide bonds. The zero-order valence-electron chi connectivity index (χ0n) is 10.2. The largest absolute Gasteiger partial charge is 0.481 e. The fraction of sp³-hybridized carbons (Fsp3) is 0.286. The lowest BCUT2D eigenvalue weighted by atomic mass is 10.1. The van der Waals surface area contributed by atoms with Crippen molar-refractivity contribution in [3.05, 3.63) is 35.2 Å². The third-order valence-corrected chi connectivity index (χ3v) is 4.42. The molecule has 0 unspecified atom stereocenters. The molecular weight excluding hydrogens is 262 g/mol. The van der Waals surface area contributed by atoms with Gasteiger partial charge >= 0.3 is 5.97 Å². The van der Waals surface area contributed by atoms with E-state index >= 15 is 0 Å². The molecule has 2 heterocycles. The Balaban J connectivity index is 1.82. The van der Waals surface area contributed by atoms with Crippen molar-refractivity contribution in [2.24, 2.45) is 5.92 Å². The summed E-state index contributed by atoms with van der Waals surface area (Å²) in [6.07, 6.45) is 0.543. The Labute approximate surface area is 114 Å². The highest BCUT2D eigenvalue weighted by atomic mass is 32.1. The topological polar surface area (TPSA) is 57.6 Å². The number of benzene rings is 1. The van der Waals surface area contributed by atoms with E-state index < -0.39 is 11.9 Å². The summed E-state index contributed by atoms with van der Waals surface area (Å²) in [7, 11) is 0. The smallest absolute Gasteiger partial charge is 0.308 e. The number of thiophene rings is 1. The number of likely N-dealkylation sites (tertiary alicyclic amines) is 1. The maximum Gasteiger partial charge on any atom is 0.308 e. The fourth-order valence-electron chi connectivity index (χ4n) is 2.43. The van der Waals surface area contributed by atoms with Gasteiger partial charge in [0.1, 0.15) is 0 Å². The third-order valence-electron chi connectivity index (χ3n) is 3.52. The van der Waals surface area contributed by atoms with E-state index in [2.05, 4.69) is 0 Å². The van der Waals surface area contributed by atoms with E-state index in [4.69, 9.17) is 5.11 Å². The molecule has 0 spiro atoms. The summed E-state index contributed by atoms with van der Waals surface area (Å²) in [4.78, 5) is 24.9. The summed E-state index contributed by atoms with van der Waals surface area (Å²) in [5, 5.41) is 12.0. The van der Waals surface area contributed by atoms with Gasteiger partial charge in [-0.1, -0.05) is 0 Å². The number of aliphatic carboxylic acids is 1. The number of rotatable bonds is 2. The average Bonchev–Trinajstić information content (AvgIpc) is 3.06. The van der Waals surface area contributed by atoms with Crippen molar-refractivity contribution in [2.75, 3.05) is 13.1 Å². The van der Waals surface area contributed by atoms with Crippen LogP contribution in [0.4, 0.5) is 0 Å². The lowest BCUT2D eigenvalue weighted by Crippen LogP contribution is -2.29. The molecule has 1 aliphatic rings. The minimum atomic E-state index is -0.816. The zero-order valence-corrected chi connectivity index (χ0v) is 11.0. The Morgan fingerprint density at radius 1 is 1.32 bits per heavy atom. The highest BCUT2D eigenvalue weighted by Gasteiger charge is 2.31. The van der Waals surface area contributed by atoms with Crippen LogP contribution in [0, 0.1) is 5.92 Å². The molecule has 1 fully saturated rings. The molecule has 5 heteroatoms. The predicted molar refractivity (Wildman–Crippen MR) is 73.5 cm³/mol. The Hall–Kier alpha value is -1.88. The van der Waals surface area contributed by atoms with Gasteiger partial charge < -0.3 is 10.0 Å². The first kappa shape index (κ1) is 12.2. The lowest BCUT2D eigenvalue weighted by molar-refractivity contribution is -0.141. The van der Waals surface area contributed by atoms with E-state index in [1.54, 1.807) is 16.2 Å². The zero-order chi connectivity index (χ0) is 13.4. The van der Waals surface area contributed by atoms with Gasteiger partial charge in [0.25, 0.3) is 5.91 Å². The summed E-state index contributed by atoms with van der Waals surface area (Å²) in [6.45, 7) is 0.841. The highest BCUT2D eigenvalue weighted by Crippen LogP contribution is 2.24. The van der Waals surface area contributed by atoms with Crippen LogP contribution in [0.2, 0.25) is 0 Å². The van der Waals surface area contributed by atoms with Crippen LogP contribution in [0.1, 0.15) is 16.8 Å². The quantitative estimate of drug-likeness (QED) is 0.916. The number of hydrogen-bond acceptors (Lipinski definition) is 3. The molecule has 1 saturated heterocycles. The molecule has 0 saturated carbocycles. The van der Waals surface area contributed by atoms with Crippen LogP contribution < -0.4 is 0 Å². The Morgan fingerprint density at radius 2 is 2.16 bits per heavy atom. The number of carbonyl (C=O) groups excluding carboxylic acids is 1. The van der Waals surface area contributed by atoms with Crippen molar-refractivity contribution >= 4 is 33.3 Å². The summed E-state index contributed by atoms with van der Waals surface area (Å²) >= 11 is 1.64.